The molecule has 4 rings (SSSR count). The molecule has 3 aromatic rings. The van der Waals surface area contributed by atoms with Gasteiger partial charge in [-0.25, -0.2) is 4.68 Å². The second kappa shape index (κ2) is 6.48. The van der Waals surface area contributed by atoms with Crippen LogP contribution in [0.2, 0.25) is 0 Å². The van der Waals surface area contributed by atoms with E-state index < -0.39 is 0 Å². The summed E-state index contributed by atoms with van der Waals surface area (Å²) in [6, 6.07) is 19.2. The Morgan fingerprint density at radius 1 is 1.12 bits per heavy atom. The van der Waals surface area contributed by atoms with E-state index in [1.54, 1.807) is 4.68 Å². The second-order valence-corrected chi connectivity index (χ2v) is 6.17. The Labute approximate surface area is 150 Å². The lowest BCUT2D eigenvalue weighted by atomic mass is 9.95. The SMILES string of the molecule is Cc1nn(-c2ccccc2)c2c1[C@H](C[N+](=O)[O-])C=C(c1ccccc1)O2. The van der Waals surface area contributed by atoms with Gasteiger partial charge in [0.2, 0.25) is 12.4 Å². The van der Waals surface area contributed by atoms with Crippen LogP contribution in [0.4, 0.5) is 0 Å². The molecule has 0 N–H and O–H groups in total. The van der Waals surface area contributed by atoms with Crippen LogP contribution in [0.15, 0.2) is 66.7 Å². The topological polar surface area (TPSA) is 70.2 Å². The summed E-state index contributed by atoms with van der Waals surface area (Å²) in [7, 11) is 0. The Balaban J connectivity index is 1.86. The van der Waals surface area contributed by atoms with Gasteiger partial charge in [0.15, 0.2) is 0 Å². The highest BCUT2D eigenvalue weighted by molar-refractivity contribution is 5.67. The van der Waals surface area contributed by atoms with Crippen molar-refractivity contribution in [1.82, 2.24) is 9.78 Å². The Hall–Kier alpha value is -3.41. The van der Waals surface area contributed by atoms with Crippen molar-refractivity contribution < 1.29 is 9.66 Å². The molecular formula is C20H17N3O3. The maximum atomic E-state index is 11.2. The van der Waals surface area contributed by atoms with Gasteiger partial charge in [0.25, 0.3) is 0 Å². The molecule has 1 aliphatic rings. The number of nitro groups is 1. The van der Waals surface area contributed by atoms with Crippen molar-refractivity contribution in [3.8, 4) is 11.6 Å². The van der Waals surface area contributed by atoms with Gasteiger partial charge in [-0.1, -0.05) is 48.5 Å². The predicted octanol–water partition coefficient (Wildman–Crippen LogP) is 3.97. The smallest absolute Gasteiger partial charge is 0.226 e. The largest absolute Gasteiger partial charge is 0.438 e. The maximum absolute atomic E-state index is 11.2. The summed E-state index contributed by atoms with van der Waals surface area (Å²) in [5, 5.41) is 15.8. The first-order valence-corrected chi connectivity index (χ1v) is 8.35. The molecule has 26 heavy (non-hydrogen) atoms. The normalized spacial score (nSPS) is 15.7. The number of nitrogens with zero attached hydrogens (tertiary/aromatic N) is 3. The highest BCUT2D eigenvalue weighted by Gasteiger charge is 2.32. The van der Waals surface area contributed by atoms with Crippen molar-refractivity contribution in [2.75, 3.05) is 6.54 Å². The zero-order valence-corrected chi connectivity index (χ0v) is 14.2. The summed E-state index contributed by atoms with van der Waals surface area (Å²) in [5.41, 5.74) is 3.24. The second-order valence-electron chi connectivity index (χ2n) is 6.17. The van der Waals surface area contributed by atoms with Crippen LogP contribution >= 0.6 is 0 Å². The van der Waals surface area contributed by atoms with E-state index in [0.29, 0.717) is 11.6 Å². The molecule has 130 valence electrons. The van der Waals surface area contributed by atoms with E-state index in [-0.39, 0.29) is 17.4 Å². The summed E-state index contributed by atoms with van der Waals surface area (Å²) in [4.78, 5) is 10.9. The average molecular weight is 347 g/mol. The van der Waals surface area contributed by atoms with Gasteiger partial charge in [-0.2, -0.15) is 5.10 Å². The van der Waals surface area contributed by atoms with Crippen LogP contribution in [0, 0.1) is 17.0 Å². The van der Waals surface area contributed by atoms with Gasteiger partial charge in [0.05, 0.1) is 22.9 Å². The molecule has 0 amide bonds. The van der Waals surface area contributed by atoms with E-state index >= 15 is 0 Å². The monoisotopic (exact) mass is 347 g/mol. The third kappa shape index (κ3) is 2.86. The summed E-state index contributed by atoms with van der Waals surface area (Å²) in [6.45, 7) is 1.66. The van der Waals surface area contributed by atoms with E-state index in [0.717, 1.165) is 22.5 Å². The number of hydrogen-bond acceptors (Lipinski definition) is 4. The molecule has 6 heteroatoms. The predicted molar refractivity (Wildman–Crippen MR) is 98.0 cm³/mol. The van der Waals surface area contributed by atoms with Gasteiger partial charge in [0, 0.05) is 10.5 Å². The molecule has 6 nitrogen and oxygen atoms in total. The summed E-state index contributed by atoms with van der Waals surface area (Å²) in [6.07, 6.45) is 1.82. The minimum absolute atomic E-state index is 0.200. The highest BCUT2D eigenvalue weighted by Crippen LogP contribution is 2.40. The van der Waals surface area contributed by atoms with E-state index in [9.17, 15) is 10.1 Å². The Morgan fingerprint density at radius 2 is 1.77 bits per heavy atom. The fourth-order valence-corrected chi connectivity index (χ4v) is 3.25. The number of fused-ring (bicyclic) bond motifs is 1. The Morgan fingerprint density at radius 3 is 2.42 bits per heavy atom. The zero-order chi connectivity index (χ0) is 18.1. The Bertz CT molecular complexity index is 978. The minimum atomic E-state index is -0.388. The third-order valence-electron chi connectivity index (χ3n) is 4.40. The fourth-order valence-electron chi connectivity index (χ4n) is 3.25. The first kappa shape index (κ1) is 16.1. The van der Waals surface area contributed by atoms with Crippen LogP contribution in [0.3, 0.4) is 0 Å². The van der Waals surface area contributed by atoms with Crippen molar-refractivity contribution in [3.63, 3.8) is 0 Å². The number of para-hydroxylation sites is 1. The summed E-state index contributed by atoms with van der Waals surface area (Å²) >= 11 is 0. The van der Waals surface area contributed by atoms with Crippen molar-refractivity contribution >= 4 is 5.76 Å². The lowest BCUT2D eigenvalue weighted by Gasteiger charge is -2.21. The van der Waals surface area contributed by atoms with Crippen LogP contribution in [0.25, 0.3) is 11.4 Å². The molecule has 1 atom stereocenters. The van der Waals surface area contributed by atoms with E-state index in [4.69, 9.17) is 4.74 Å². The van der Waals surface area contributed by atoms with E-state index in [1.165, 1.54) is 0 Å². The van der Waals surface area contributed by atoms with Gasteiger partial charge in [-0.05, 0) is 25.1 Å². The molecule has 1 aromatic heterocycles. The van der Waals surface area contributed by atoms with Gasteiger partial charge >= 0.3 is 0 Å². The molecule has 2 aromatic carbocycles. The number of aromatic nitrogens is 2. The summed E-state index contributed by atoms with van der Waals surface area (Å²) in [5.74, 6) is 0.769. The average Bonchev–Trinajstić information content (AvgIpc) is 3.00. The third-order valence-corrected chi connectivity index (χ3v) is 4.40. The van der Waals surface area contributed by atoms with Crippen LogP contribution in [-0.2, 0) is 0 Å². The van der Waals surface area contributed by atoms with Crippen molar-refractivity contribution in [1.29, 1.82) is 0 Å². The molecule has 1 aliphatic heterocycles. The molecule has 0 spiro atoms. The number of hydrogen-bond donors (Lipinski definition) is 0. The number of aryl methyl sites for hydroxylation is 1. The molecule has 0 saturated carbocycles. The standard InChI is InChI=1S/C20H17N3O3/c1-14-19-16(13-22(24)25)12-18(15-8-4-2-5-9-15)26-20(19)23(21-14)17-10-6-3-7-11-17/h2-12,16H,13H2,1H3/t16-/m0/s1. The first-order chi connectivity index (χ1) is 12.6. The molecule has 0 saturated heterocycles. The maximum Gasteiger partial charge on any atom is 0.226 e. The number of benzene rings is 2. The van der Waals surface area contributed by atoms with Crippen LogP contribution in [-0.4, -0.2) is 21.2 Å². The Kier molecular flexibility index (Phi) is 4.01. The van der Waals surface area contributed by atoms with Gasteiger partial charge in [-0.3, -0.25) is 10.1 Å². The van der Waals surface area contributed by atoms with Crippen LogP contribution in [0.5, 0.6) is 5.88 Å². The quantitative estimate of drug-likeness (QED) is 0.529. The van der Waals surface area contributed by atoms with E-state index in [1.807, 2.05) is 73.7 Å². The molecular weight excluding hydrogens is 330 g/mol. The highest BCUT2D eigenvalue weighted by atomic mass is 16.6. The molecule has 0 bridgehead atoms. The van der Waals surface area contributed by atoms with Crippen LogP contribution < -0.4 is 4.74 Å². The molecule has 0 radical (unpaired) electrons. The summed E-state index contributed by atoms with van der Waals surface area (Å²) < 4.78 is 7.89. The molecule has 0 unspecified atom stereocenters. The molecule has 0 aliphatic carbocycles. The zero-order valence-electron chi connectivity index (χ0n) is 14.2. The first-order valence-electron chi connectivity index (χ1n) is 8.35. The van der Waals surface area contributed by atoms with Crippen molar-refractivity contribution in [2.45, 2.75) is 12.8 Å². The van der Waals surface area contributed by atoms with Gasteiger partial charge in [0.1, 0.15) is 5.76 Å². The van der Waals surface area contributed by atoms with Gasteiger partial charge < -0.3 is 4.74 Å². The van der Waals surface area contributed by atoms with Crippen LogP contribution in [0.1, 0.15) is 22.7 Å². The minimum Gasteiger partial charge on any atom is -0.438 e. The fraction of sp³-hybridized carbons (Fsp3) is 0.150. The number of rotatable bonds is 4. The van der Waals surface area contributed by atoms with E-state index in [2.05, 4.69) is 5.10 Å². The van der Waals surface area contributed by atoms with Gasteiger partial charge in [-0.15, -0.1) is 0 Å². The lowest BCUT2D eigenvalue weighted by molar-refractivity contribution is -0.481. The molecule has 2 heterocycles. The number of ether oxygens (including phenoxy) is 1. The lowest BCUT2D eigenvalue weighted by Crippen LogP contribution is -2.17. The van der Waals surface area contributed by atoms with Crippen molar-refractivity contribution in [3.05, 3.63) is 93.7 Å². The van der Waals surface area contributed by atoms with Crippen molar-refractivity contribution in [2.24, 2.45) is 0 Å². The molecule has 0 fully saturated rings.